The number of phenols is 1. The van der Waals surface area contributed by atoms with Crippen LogP contribution in [0.1, 0.15) is 81.0 Å². The molecule has 0 aliphatic heterocycles. The maximum Gasteiger partial charge on any atom is 0.161 e. The van der Waals surface area contributed by atoms with Crippen molar-refractivity contribution >= 4 is 5.82 Å². The van der Waals surface area contributed by atoms with Crippen molar-refractivity contribution in [2.24, 2.45) is 17.8 Å². The lowest BCUT2D eigenvalue weighted by molar-refractivity contribution is -0.00825. The molecule has 0 spiro atoms. The lowest BCUT2D eigenvalue weighted by Gasteiger charge is -2.32. The number of nitrogens with one attached hydrogen (secondary N) is 2. The maximum absolute atomic E-state index is 11.6. The number of hydrogen-bond donors (Lipinski definition) is 8. The summed E-state index contributed by atoms with van der Waals surface area (Å²) in [5.41, 5.74) is 8.87. The molecule has 1 aromatic carbocycles. The summed E-state index contributed by atoms with van der Waals surface area (Å²) in [6.45, 7) is 4.10. The van der Waals surface area contributed by atoms with E-state index in [-0.39, 0.29) is 47.8 Å². The molecule has 10 heteroatoms. The van der Waals surface area contributed by atoms with E-state index < -0.39 is 30.3 Å². The van der Waals surface area contributed by atoms with Crippen LogP contribution in [0.15, 0.2) is 67.0 Å². The molecular weight excluding hydrogens is 632 g/mol. The zero-order valence-corrected chi connectivity index (χ0v) is 29.2. The van der Waals surface area contributed by atoms with Crippen LogP contribution in [0.2, 0.25) is 0 Å². The van der Waals surface area contributed by atoms with Gasteiger partial charge < -0.3 is 46.3 Å². The summed E-state index contributed by atoms with van der Waals surface area (Å²) in [5.74, 6) is 6.63. The molecule has 3 aromatic rings. The average molecular weight is 687 g/mol. The Morgan fingerprint density at radius 2 is 1.92 bits per heavy atom. The van der Waals surface area contributed by atoms with Gasteiger partial charge in [0.25, 0.3) is 0 Å². The van der Waals surface area contributed by atoms with Crippen molar-refractivity contribution in [1.29, 1.82) is 0 Å². The number of nitrogen functional groups attached to an aromatic ring is 1. The summed E-state index contributed by atoms with van der Waals surface area (Å²) in [6, 6.07) is 13.0. The van der Waals surface area contributed by atoms with E-state index in [1.165, 1.54) is 0 Å². The standard InChI is InChI=1S/C40H54N4O6/c1-3-26-6-7-27-8-9-28(20-37(49)40(27)36(48)13-11-33(17-26)44-23-25(2)46)29-10-12-35(47)38(21-29)50-34(24-45)19-31(18-32-5-4-15-42-32)30-14-16-43-39(41)22-30/h4-5,8-10,12,14-16,21-22,25-28,31,33-34,36-37,40,42,44-49H,3,11,13,17-20,23-24H2,1-2H3,(H2,41,43)/t25-,26-,27-,28-,31-,33+,34-,36-,37+,40+/m0/s1. The van der Waals surface area contributed by atoms with Crippen LogP contribution in [0.5, 0.6) is 11.5 Å². The van der Waals surface area contributed by atoms with Crippen LogP contribution in [-0.4, -0.2) is 79.1 Å². The molecule has 2 aromatic heterocycles. The van der Waals surface area contributed by atoms with Crippen LogP contribution in [0, 0.1) is 29.6 Å². The summed E-state index contributed by atoms with van der Waals surface area (Å²) in [6.07, 6.45) is 9.43. The van der Waals surface area contributed by atoms with Gasteiger partial charge in [0.1, 0.15) is 11.9 Å². The Labute approximate surface area is 295 Å². The van der Waals surface area contributed by atoms with Crippen LogP contribution in [0.25, 0.3) is 0 Å². The SMILES string of the molecule is CC[C@H]1C#C[C@H]2C=C[C@H](c3ccc(O)c(O[C@H](CO)C[C@H](Cc4ccc[nH]4)c4ccnc(N)c4)c3)C[C@@H](O)[C@H]2[C@@H](O)CC[C@@H](NC[C@H](C)O)C1. The number of rotatable bonds is 13. The van der Waals surface area contributed by atoms with Crippen LogP contribution >= 0.6 is 0 Å². The highest BCUT2D eigenvalue weighted by Crippen LogP contribution is 2.39. The van der Waals surface area contributed by atoms with Crippen molar-refractivity contribution in [2.75, 3.05) is 18.9 Å². The molecule has 270 valence electrons. The third-order valence-electron chi connectivity index (χ3n) is 10.2. The molecule has 2 heterocycles. The topological polar surface area (TPSA) is 177 Å². The molecule has 0 unspecified atom stereocenters. The van der Waals surface area contributed by atoms with E-state index in [1.807, 2.05) is 42.6 Å². The normalized spacial score (nSPS) is 27.2. The molecule has 0 bridgehead atoms. The molecule has 0 fully saturated rings. The summed E-state index contributed by atoms with van der Waals surface area (Å²) >= 11 is 0. The molecule has 10 nitrogen and oxygen atoms in total. The monoisotopic (exact) mass is 686 g/mol. The Bertz CT molecular complexity index is 1580. The number of aliphatic hydroxyl groups excluding tert-OH is 4. The number of benzene rings is 1. The van der Waals surface area contributed by atoms with Gasteiger partial charge in [-0.15, -0.1) is 0 Å². The highest BCUT2D eigenvalue weighted by Gasteiger charge is 2.37. The second-order valence-electron chi connectivity index (χ2n) is 14.1. The fourth-order valence-corrected chi connectivity index (χ4v) is 7.42. The molecule has 0 amide bonds. The number of aliphatic hydroxyl groups is 4. The van der Waals surface area contributed by atoms with E-state index in [0.717, 1.165) is 36.1 Å². The first kappa shape index (κ1) is 37.4. The first-order valence-electron chi connectivity index (χ1n) is 18.0. The maximum atomic E-state index is 11.6. The molecule has 2 aliphatic rings. The second-order valence-corrected chi connectivity index (χ2v) is 14.1. The summed E-state index contributed by atoms with van der Waals surface area (Å²) in [7, 11) is 0. The zero-order valence-electron chi connectivity index (χ0n) is 29.2. The van der Waals surface area contributed by atoms with Crippen molar-refractivity contribution in [3.05, 3.63) is 83.8 Å². The number of nitrogens with zero attached hydrogens (tertiary/aromatic N) is 1. The van der Waals surface area contributed by atoms with Gasteiger partial charge in [0.2, 0.25) is 0 Å². The highest BCUT2D eigenvalue weighted by molar-refractivity contribution is 5.44. The number of hydrogen-bond acceptors (Lipinski definition) is 9. The van der Waals surface area contributed by atoms with Gasteiger partial charge in [-0.3, -0.25) is 0 Å². The highest BCUT2D eigenvalue weighted by atomic mass is 16.5. The third-order valence-corrected chi connectivity index (χ3v) is 10.2. The second kappa shape index (κ2) is 17.9. The Kier molecular flexibility index (Phi) is 13.4. The van der Waals surface area contributed by atoms with Gasteiger partial charge >= 0.3 is 0 Å². The number of phenolic OH excluding ortho intramolecular Hbond substituents is 1. The number of fused-ring (bicyclic) bond motifs is 1. The fraction of sp³-hybridized carbons (Fsp3) is 0.525. The smallest absolute Gasteiger partial charge is 0.161 e. The van der Waals surface area contributed by atoms with E-state index >= 15 is 0 Å². The molecule has 9 N–H and O–H groups in total. The fourth-order valence-electron chi connectivity index (χ4n) is 7.42. The minimum Gasteiger partial charge on any atom is -0.504 e. The van der Waals surface area contributed by atoms with Crippen LogP contribution in [-0.2, 0) is 6.42 Å². The van der Waals surface area contributed by atoms with Crippen molar-refractivity contribution in [2.45, 2.75) is 101 Å². The van der Waals surface area contributed by atoms with Crippen LogP contribution in [0.3, 0.4) is 0 Å². The largest absolute Gasteiger partial charge is 0.504 e. The summed E-state index contributed by atoms with van der Waals surface area (Å²) < 4.78 is 6.30. The van der Waals surface area contributed by atoms with Gasteiger partial charge in [-0.25, -0.2) is 4.98 Å². The number of ether oxygens (including phenoxy) is 1. The predicted molar refractivity (Wildman–Crippen MR) is 194 cm³/mol. The number of allylic oxidation sites excluding steroid dienone is 2. The molecule has 0 saturated carbocycles. The molecule has 5 rings (SSSR count). The van der Waals surface area contributed by atoms with Gasteiger partial charge in [-0.05, 0) is 105 Å². The van der Waals surface area contributed by atoms with Crippen LogP contribution < -0.4 is 15.8 Å². The van der Waals surface area contributed by atoms with Crippen molar-refractivity contribution in [1.82, 2.24) is 15.3 Å². The van der Waals surface area contributed by atoms with Gasteiger partial charge in [0.15, 0.2) is 11.5 Å². The zero-order chi connectivity index (χ0) is 35.6. The number of aromatic amines is 1. The lowest BCUT2D eigenvalue weighted by Crippen LogP contribution is -2.40. The minimum atomic E-state index is -0.822. The van der Waals surface area contributed by atoms with Gasteiger partial charge in [0.05, 0.1) is 24.9 Å². The molecule has 0 saturated heterocycles. The predicted octanol–water partition coefficient (Wildman–Crippen LogP) is 4.40. The average Bonchev–Trinajstić information content (AvgIpc) is 3.55. The Hall–Kier alpha value is -3.85. The molecular formula is C40H54N4O6. The Morgan fingerprint density at radius 3 is 2.64 bits per heavy atom. The summed E-state index contributed by atoms with van der Waals surface area (Å²) in [4.78, 5) is 7.39. The number of H-pyrrole nitrogens is 1. The van der Waals surface area contributed by atoms with Crippen molar-refractivity contribution < 1.29 is 30.3 Å². The number of anilines is 1. The Morgan fingerprint density at radius 1 is 1.08 bits per heavy atom. The molecule has 50 heavy (non-hydrogen) atoms. The number of aromatic nitrogens is 2. The van der Waals surface area contributed by atoms with Crippen LogP contribution in [0.4, 0.5) is 5.82 Å². The quantitative estimate of drug-likeness (QED) is 0.0957. The Balaban J connectivity index is 1.34. The first-order valence-corrected chi connectivity index (χ1v) is 18.0. The molecule has 10 atom stereocenters. The molecule has 2 aliphatic carbocycles. The van der Waals surface area contributed by atoms with Gasteiger partial charge in [-0.2, -0.15) is 0 Å². The van der Waals surface area contributed by atoms with Gasteiger partial charge in [-0.1, -0.05) is 37.0 Å². The molecule has 0 radical (unpaired) electrons. The van der Waals surface area contributed by atoms with E-state index in [0.29, 0.717) is 38.0 Å². The lowest BCUT2D eigenvalue weighted by atomic mass is 9.78. The van der Waals surface area contributed by atoms with Crippen molar-refractivity contribution in [3.63, 3.8) is 0 Å². The van der Waals surface area contributed by atoms with E-state index in [1.54, 1.807) is 25.3 Å². The summed E-state index contributed by atoms with van der Waals surface area (Å²) in [5, 5.41) is 57.6. The first-order chi connectivity index (χ1) is 24.1. The minimum absolute atomic E-state index is 0.0424. The van der Waals surface area contributed by atoms with Crippen molar-refractivity contribution in [3.8, 4) is 23.3 Å². The van der Waals surface area contributed by atoms with E-state index in [9.17, 15) is 25.5 Å². The number of pyridine rings is 1. The number of nitrogens with two attached hydrogens (primary N) is 1. The van der Waals surface area contributed by atoms with E-state index in [2.05, 4.69) is 40.1 Å². The third kappa shape index (κ3) is 10.1. The number of aromatic hydroxyl groups is 1. The van der Waals surface area contributed by atoms with E-state index in [4.69, 9.17) is 10.5 Å². The van der Waals surface area contributed by atoms with Gasteiger partial charge in [0, 0.05) is 54.3 Å².